The number of nitrogens with zero attached hydrogens (tertiary/aromatic N) is 2. The third-order valence-electron chi connectivity index (χ3n) is 2.94. The van der Waals surface area contributed by atoms with E-state index in [1.54, 1.807) is 0 Å². The van der Waals surface area contributed by atoms with Crippen molar-refractivity contribution in [1.29, 1.82) is 0 Å². The molecule has 0 aliphatic heterocycles. The lowest BCUT2D eigenvalue weighted by atomic mass is 9.94. The second-order valence-corrected chi connectivity index (χ2v) is 4.81. The molecule has 0 aromatic carbocycles. The van der Waals surface area contributed by atoms with Crippen molar-refractivity contribution < 1.29 is 4.42 Å². The van der Waals surface area contributed by atoms with Crippen molar-refractivity contribution in [1.82, 2.24) is 9.97 Å². The molecule has 1 aliphatic carbocycles. The van der Waals surface area contributed by atoms with Crippen LogP contribution >= 0.6 is 23.2 Å². The van der Waals surface area contributed by atoms with Crippen molar-refractivity contribution in [3.05, 3.63) is 34.4 Å². The maximum Gasteiger partial charge on any atom is 0.224 e. The fourth-order valence-electron chi connectivity index (χ4n) is 2.12. The Balaban J connectivity index is 2.09. The van der Waals surface area contributed by atoms with Crippen LogP contribution in [-0.2, 0) is 0 Å². The van der Waals surface area contributed by atoms with Crippen LogP contribution in [0.2, 0.25) is 10.4 Å². The minimum absolute atomic E-state index is 0.147. The van der Waals surface area contributed by atoms with Crippen LogP contribution < -0.4 is 0 Å². The van der Waals surface area contributed by atoms with Crippen LogP contribution in [0.5, 0.6) is 0 Å². The van der Waals surface area contributed by atoms with Gasteiger partial charge in [-0.3, -0.25) is 0 Å². The Morgan fingerprint density at radius 1 is 1.29 bits per heavy atom. The Labute approximate surface area is 108 Å². The Kier molecular flexibility index (Phi) is 2.81. The molecule has 0 fully saturated rings. The Bertz CT molecular complexity index is 591. The summed E-state index contributed by atoms with van der Waals surface area (Å²) in [4.78, 5) is 7.97. The molecule has 0 spiro atoms. The van der Waals surface area contributed by atoms with E-state index in [4.69, 9.17) is 27.6 Å². The van der Waals surface area contributed by atoms with Crippen molar-refractivity contribution >= 4 is 34.3 Å². The zero-order valence-electron chi connectivity index (χ0n) is 8.99. The van der Waals surface area contributed by atoms with Crippen LogP contribution in [0.25, 0.3) is 11.1 Å². The van der Waals surface area contributed by atoms with Gasteiger partial charge in [-0.1, -0.05) is 23.8 Å². The summed E-state index contributed by atoms with van der Waals surface area (Å²) in [6.45, 7) is 0. The topological polar surface area (TPSA) is 38.9 Å². The minimum atomic E-state index is 0.147. The molecule has 17 heavy (non-hydrogen) atoms. The monoisotopic (exact) mass is 268 g/mol. The summed E-state index contributed by atoms with van der Waals surface area (Å²) in [5.41, 5.74) is 1.19. The van der Waals surface area contributed by atoms with E-state index in [9.17, 15) is 0 Å². The van der Waals surface area contributed by atoms with Crippen molar-refractivity contribution in [2.75, 3.05) is 0 Å². The molecule has 0 bridgehead atoms. The molecule has 0 saturated heterocycles. The maximum absolute atomic E-state index is 5.97. The van der Waals surface area contributed by atoms with Crippen molar-refractivity contribution in [2.45, 2.75) is 25.2 Å². The zero-order chi connectivity index (χ0) is 11.8. The first kappa shape index (κ1) is 11.1. The highest BCUT2D eigenvalue weighted by Gasteiger charge is 2.18. The summed E-state index contributed by atoms with van der Waals surface area (Å²) in [6.07, 6.45) is 7.77. The van der Waals surface area contributed by atoms with Gasteiger partial charge in [-0.2, -0.15) is 0 Å². The van der Waals surface area contributed by atoms with Gasteiger partial charge < -0.3 is 4.42 Å². The molecule has 1 unspecified atom stereocenters. The normalized spacial score (nSPS) is 20.0. The van der Waals surface area contributed by atoms with Gasteiger partial charge in [-0.05, 0) is 30.9 Å². The highest BCUT2D eigenvalue weighted by Crippen LogP contribution is 2.33. The second-order valence-electron chi connectivity index (χ2n) is 4.11. The largest absolute Gasteiger partial charge is 0.455 e. The number of rotatable bonds is 1. The van der Waals surface area contributed by atoms with Gasteiger partial charge >= 0.3 is 0 Å². The van der Waals surface area contributed by atoms with Crippen molar-refractivity contribution in [2.24, 2.45) is 0 Å². The smallest absolute Gasteiger partial charge is 0.224 e. The molecule has 1 aliphatic rings. The molecule has 0 N–H and O–H groups in total. The first-order valence-corrected chi connectivity index (χ1v) is 6.29. The SMILES string of the molecule is Clc1nc(Cl)c2oc(C3C=CCCC3)cc2n1. The zero-order valence-corrected chi connectivity index (χ0v) is 10.5. The Hall–Kier alpha value is -1.06. The highest BCUT2D eigenvalue weighted by molar-refractivity contribution is 6.35. The minimum Gasteiger partial charge on any atom is -0.455 e. The van der Waals surface area contributed by atoms with Crippen LogP contribution in [0.3, 0.4) is 0 Å². The van der Waals surface area contributed by atoms with E-state index in [2.05, 4.69) is 22.1 Å². The van der Waals surface area contributed by atoms with Gasteiger partial charge in [-0.15, -0.1) is 0 Å². The van der Waals surface area contributed by atoms with Crippen LogP contribution in [-0.4, -0.2) is 9.97 Å². The number of halogens is 2. The molecule has 2 aromatic rings. The lowest BCUT2D eigenvalue weighted by Gasteiger charge is -2.12. The van der Waals surface area contributed by atoms with Crippen LogP contribution in [0.15, 0.2) is 22.6 Å². The van der Waals surface area contributed by atoms with Gasteiger partial charge in [0.2, 0.25) is 5.28 Å². The van der Waals surface area contributed by atoms with Crippen molar-refractivity contribution in [3.8, 4) is 0 Å². The molecular formula is C12H10Cl2N2O. The fourth-order valence-corrected chi connectivity index (χ4v) is 2.55. The number of hydrogen-bond acceptors (Lipinski definition) is 3. The number of fused-ring (bicyclic) bond motifs is 1. The van der Waals surface area contributed by atoms with Gasteiger partial charge in [-0.25, -0.2) is 9.97 Å². The first-order chi connectivity index (χ1) is 8.24. The molecule has 88 valence electrons. The highest BCUT2D eigenvalue weighted by atomic mass is 35.5. The lowest BCUT2D eigenvalue weighted by Crippen LogP contribution is -1.97. The Morgan fingerprint density at radius 3 is 2.94 bits per heavy atom. The fraction of sp³-hybridized carbons (Fsp3) is 0.333. The lowest BCUT2D eigenvalue weighted by molar-refractivity contribution is 0.495. The predicted octanol–water partition coefficient (Wildman–Crippen LogP) is 4.35. The summed E-state index contributed by atoms with van der Waals surface area (Å²) in [7, 11) is 0. The average Bonchev–Trinajstić information content (AvgIpc) is 2.74. The number of furan rings is 1. The van der Waals surface area contributed by atoms with E-state index >= 15 is 0 Å². The van der Waals surface area contributed by atoms with Gasteiger partial charge in [0.05, 0.1) is 0 Å². The summed E-state index contributed by atoms with van der Waals surface area (Å²) in [5, 5.41) is 0.417. The molecule has 2 aromatic heterocycles. The molecule has 0 amide bonds. The first-order valence-electron chi connectivity index (χ1n) is 5.53. The summed E-state index contributed by atoms with van der Waals surface area (Å²) < 4.78 is 5.73. The third-order valence-corrected chi connectivity index (χ3v) is 3.37. The molecule has 0 radical (unpaired) electrons. The quantitative estimate of drug-likeness (QED) is 0.438. The van der Waals surface area contributed by atoms with Crippen LogP contribution in [0, 0.1) is 0 Å². The van der Waals surface area contributed by atoms with Gasteiger partial charge in [0.15, 0.2) is 10.7 Å². The van der Waals surface area contributed by atoms with Gasteiger partial charge in [0.25, 0.3) is 0 Å². The molecular weight excluding hydrogens is 259 g/mol. The van der Waals surface area contributed by atoms with E-state index < -0.39 is 0 Å². The summed E-state index contributed by atoms with van der Waals surface area (Å²) >= 11 is 11.7. The van der Waals surface area contributed by atoms with Gasteiger partial charge in [0, 0.05) is 12.0 Å². The van der Waals surface area contributed by atoms with Crippen LogP contribution in [0.4, 0.5) is 0 Å². The predicted molar refractivity (Wildman–Crippen MR) is 67.6 cm³/mol. The molecule has 3 rings (SSSR count). The molecule has 3 nitrogen and oxygen atoms in total. The number of aromatic nitrogens is 2. The Morgan fingerprint density at radius 2 is 2.18 bits per heavy atom. The van der Waals surface area contributed by atoms with E-state index in [1.165, 1.54) is 6.42 Å². The second kappa shape index (κ2) is 4.31. The molecule has 0 saturated carbocycles. The van der Waals surface area contributed by atoms with E-state index in [1.807, 2.05) is 6.07 Å². The molecule has 5 heteroatoms. The van der Waals surface area contributed by atoms with E-state index in [-0.39, 0.29) is 10.4 Å². The van der Waals surface area contributed by atoms with Crippen molar-refractivity contribution in [3.63, 3.8) is 0 Å². The van der Waals surface area contributed by atoms with Gasteiger partial charge in [0.1, 0.15) is 11.3 Å². The average molecular weight is 269 g/mol. The number of allylic oxidation sites excluding steroid dienone is 2. The van der Waals surface area contributed by atoms with E-state index in [0.29, 0.717) is 17.0 Å². The summed E-state index contributed by atoms with van der Waals surface area (Å²) in [5.74, 6) is 1.20. The van der Waals surface area contributed by atoms with Crippen LogP contribution in [0.1, 0.15) is 30.9 Å². The van der Waals surface area contributed by atoms with E-state index in [0.717, 1.165) is 18.6 Å². The standard InChI is InChI=1S/C12H10Cl2N2O/c13-11-10-8(15-12(14)16-11)6-9(17-10)7-4-2-1-3-5-7/h2,4,6-7H,1,3,5H2. The maximum atomic E-state index is 5.97. The number of hydrogen-bond donors (Lipinski definition) is 0. The molecule has 1 atom stereocenters. The summed E-state index contributed by atoms with van der Waals surface area (Å²) in [6, 6.07) is 1.90. The molecule has 2 heterocycles. The third kappa shape index (κ3) is 2.05.